The number of nitrogens with one attached hydrogen (secondary N) is 1. The second-order valence-corrected chi connectivity index (χ2v) is 6.72. The van der Waals surface area contributed by atoms with Gasteiger partial charge in [-0.05, 0) is 54.0 Å². The fourth-order valence-corrected chi connectivity index (χ4v) is 3.14. The van der Waals surface area contributed by atoms with Gasteiger partial charge in [0.25, 0.3) is 0 Å². The summed E-state index contributed by atoms with van der Waals surface area (Å²) < 4.78 is 32.5. The maximum absolute atomic E-state index is 13.9. The number of aromatic amines is 1. The van der Waals surface area contributed by atoms with Gasteiger partial charge in [0.05, 0.1) is 18.5 Å². The highest BCUT2D eigenvalue weighted by Gasteiger charge is 2.08. The van der Waals surface area contributed by atoms with E-state index < -0.39 is 11.6 Å². The fourth-order valence-electron chi connectivity index (χ4n) is 3.14. The summed E-state index contributed by atoms with van der Waals surface area (Å²) >= 11 is 0. The van der Waals surface area contributed by atoms with Crippen LogP contribution in [0.25, 0.3) is 34.5 Å². The third-order valence-corrected chi connectivity index (χ3v) is 4.66. The molecule has 0 spiro atoms. The number of benzene rings is 3. The number of H-pyrrole nitrogens is 1. The second-order valence-electron chi connectivity index (χ2n) is 6.72. The quantitative estimate of drug-likeness (QED) is 0.395. The molecule has 0 aliphatic rings. The lowest BCUT2D eigenvalue weighted by molar-refractivity contribution is 0.340. The minimum absolute atomic E-state index is 0.281. The summed E-state index contributed by atoms with van der Waals surface area (Å²) in [6.07, 6.45) is 5.27. The zero-order valence-corrected chi connectivity index (χ0v) is 16.4. The Morgan fingerprint density at radius 1 is 0.900 bits per heavy atom. The SMILES string of the molecule is CCOc1ccc(-c2ccc(/C=C/c3ncc(-c4ccc(F)cc4F)[nH]3)cc2)cc1. The highest BCUT2D eigenvalue weighted by atomic mass is 19.1. The molecule has 1 N–H and O–H groups in total. The van der Waals surface area contributed by atoms with Crippen molar-refractivity contribution in [1.29, 1.82) is 0 Å². The maximum Gasteiger partial charge on any atom is 0.135 e. The van der Waals surface area contributed by atoms with E-state index in [9.17, 15) is 8.78 Å². The molecule has 0 aliphatic carbocycles. The van der Waals surface area contributed by atoms with E-state index in [1.807, 2.05) is 55.5 Å². The summed E-state index contributed by atoms with van der Waals surface area (Å²) in [6.45, 7) is 2.61. The van der Waals surface area contributed by atoms with E-state index >= 15 is 0 Å². The van der Waals surface area contributed by atoms with E-state index in [0.29, 0.717) is 18.1 Å². The Morgan fingerprint density at radius 2 is 1.60 bits per heavy atom. The summed E-state index contributed by atoms with van der Waals surface area (Å²) in [5.74, 6) is 0.215. The molecule has 0 saturated carbocycles. The summed E-state index contributed by atoms with van der Waals surface area (Å²) in [6, 6.07) is 19.6. The highest BCUT2D eigenvalue weighted by Crippen LogP contribution is 2.24. The number of hydrogen-bond donors (Lipinski definition) is 1. The largest absolute Gasteiger partial charge is 0.494 e. The Balaban J connectivity index is 1.46. The normalized spacial score (nSPS) is 11.2. The molecular weight excluding hydrogens is 382 g/mol. The van der Waals surface area contributed by atoms with Gasteiger partial charge < -0.3 is 9.72 Å². The number of ether oxygens (including phenoxy) is 1. The average Bonchev–Trinajstić information content (AvgIpc) is 3.22. The van der Waals surface area contributed by atoms with Gasteiger partial charge in [-0.3, -0.25) is 0 Å². The van der Waals surface area contributed by atoms with E-state index in [1.54, 1.807) is 0 Å². The van der Waals surface area contributed by atoms with Crippen molar-refractivity contribution >= 4 is 12.2 Å². The van der Waals surface area contributed by atoms with E-state index in [-0.39, 0.29) is 5.56 Å². The van der Waals surface area contributed by atoms with Crippen LogP contribution in [0.3, 0.4) is 0 Å². The molecule has 0 unspecified atom stereocenters. The summed E-state index contributed by atoms with van der Waals surface area (Å²) in [5, 5.41) is 0. The third kappa shape index (κ3) is 4.46. The highest BCUT2D eigenvalue weighted by molar-refractivity contribution is 5.71. The van der Waals surface area contributed by atoms with Gasteiger partial charge in [0.1, 0.15) is 23.2 Å². The zero-order chi connectivity index (χ0) is 20.9. The predicted molar refractivity (Wildman–Crippen MR) is 116 cm³/mol. The summed E-state index contributed by atoms with van der Waals surface area (Å²) in [7, 11) is 0. The van der Waals surface area contributed by atoms with Crippen molar-refractivity contribution in [2.45, 2.75) is 6.92 Å². The van der Waals surface area contributed by atoms with Crippen LogP contribution in [0.1, 0.15) is 18.3 Å². The van der Waals surface area contributed by atoms with Crippen molar-refractivity contribution in [3.05, 3.63) is 95.9 Å². The van der Waals surface area contributed by atoms with Crippen molar-refractivity contribution in [3.8, 4) is 28.1 Å². The van der Waals surface area contributed by atoms with Crippen molar-refractivity contribution in [2.75, 3.05) is 6.61 Å². The van der Waals surface area contributed by atoms with Crippen LogP contribution in [0, 0.1) is 11.6 Å². The molecule has 1 heterocycles. The molecule has 0 amide bonds. The molecule has 3 aromatic carbocycles. The Morgan fingerprint density at radius 3 is 2.27 bits per heavy atom. The predicted octanol–water partition coefficient (Wildman–Crippen LogP) is 6.59. The van der Waals surface area contributed by atoms with Crippen LogP contribution in [-0.4, -0.2) is 16.6 Å². The number of rotatable bonds is 6. The van der Waals surface area contributed by atoms with Crippen LogP contribution in [-0.2, 0) is 0 Å². The first kappa shape index (κ1) is 19.6. The lowest BCUT2D eigenvalue weighted by atomic mass is 10.0. The summed E-state index contributed by atoms with van der Waals surface area (Å²) in [4.78, 5) is 7.29. The second kappa shape index (κ2) is 8.74. The standard InChI is InChI=1S/C25H20F2N2O/c1-2-30-21-11-8-19(9-12-21)18-6-3-17(4-7-18)5-14-25-28-16-24(29-25)22-13-10-20(26)15-23(22)27/h3-16H,2H2,1H3,(H,28,29)/b14-5+. The first-order valence-electron chi connectivity index (χ1n) is 9.64. The van der Waals surface area contributed by atoms with Crippen LogP contribution < -0.4 is 4.74 Å². The van der Waals surface area contributed by atoms with Gasteiger partial charge in [0, 0.05) is 11.6 Å². The average molecular weight is 402 g/mol. The van der Waals surface area contributed by atoms with E-state index in [2.05, 4.69) is 22.1 Å². The van der Waals surface area contributed by atoms with Gasteiger partial charge >= 0.3 is 0 Å². The van der Waals surface area contributed by atoms with E-state index in [1.165, 1.54) is 18.3 Å². The van der Waals surface area contributed by atoms with Crippen LogP contribution in [0.15, 0.2) is 72.9 Å². The summed E-state index contributed by atoms with van der Waals surface area (Å²) in [5.41, 5.74) is 4.02. The van der Waals surface area contributed by atoms with Crippen molar-refractivity contribution < 1.29 is 13.5 Å². The van der Waals surface area contributed by atoms with Crippen LogP contribution in [0.2, 0.25) is 0 Å². The Bertz CT molecular complexity index is 1160. The smallest absolute Gasteiger partial charge is 0.135 e. The molecule has 1 aromatic heterocycles. The molecule has 0 radical (unpaired) electrons. The molecule has 150 valence electrons. The van der Waals surface area contributed by atoms with Gasteiger partial charge in [0.15, 0.2) is 0 Å². The molecule has 30 heavy (non-hydrogen) atoms. The monoisotopic (exact) mass is 402 g/mol. The molecule has 0 bridgehead atoms. The molecule has 3 nitrogen and oxygen atoms in total. The lowest BCUT2D eigenvalue weighted by Crippen LogP contribution is -1.90. The van der Waals surface area contributed by atoms with Crippen molar-refractivity contribution in [3.63, 3.8) is 0 Å². The molecular formula is C25H20F2N2O. The lowest BCUT2D eigenvalue weighted by Gasteiger charge is -2.05. The topological polar surface area (TPSA) is 37.9 Å². The zero-order valence-electron chi connectivity index (χ0n) is 16.4. The van der Waals surface area contributed by atoms with E-state index in [4.69, 9.17) is 4.74 Å². The molecule has 0 saturated heterocycles. The van der Waals surface area contributed by atoms with Gasteiger partial charge in [-0.25, -0.2) is 13.8 Å². The Hall–Kier alpha value is -3.73. The first-order valence-corrected chi connectivity index (χ1v) is 9.64. The molecule has 5 heteroatoms. The van der Waals surface area contributed by atoms with Crippen molar-refractivity contribution in [2.24, 2.45) is 0 Å². The first-order chi connectivity index (χ1) is 14.6. The molecule has 0 fully saturated rings. The fraction of sp³-hybridized carbons (Fsp3) is 0.0800. The van der Waals surface area contributed by atoms with Crippen LogP contribution in [0.5, 0.6) is 5.75 Å². The van der Waals surface area contributed by atoms with Gasteiger partial charge in [-0.2, -0.15) is 0 Å². The third-order valence-electron chi connectivity index (χ3n) is 4.66. The van der Waals surface area contributed by atoms with Gasteiger partial charge in [0.2, 0.25) is 0 Å². The van der Waals surface area contributed by atoms with Gasteiger partial charge in [-0.15, -0.1) is 0 Å². The minimum Gasteiger partial charge on any atom is -0.494 e. The molecule has 4 aromatic rings. The van der Waals surface area contributed by atoms with Crippen LogP contribution in [0.4, 0.5) is 8.78 Å². The number of nitrogens with zero attached hydrogens (tertiary/aromatic N) is 1. The van der Waals surface area contributed by atoms with Gasteiger partial charge in [-0.1, -0.05) is 42.5 Å². The van der Waals surface area contributed by atoms with Crippen LogP contribution >= 0.6 is 0 Å². The number of aromatic nitrogens is 2. The van der Waals surface area contributed by atoms with E-state index in [0.717, 1.165) is 28.5 Å². The Kier molecular flexibility index (Phi) is 5.70. The van der Waals surface area contributed by atoms with Crippen molar-refractivity contribution in [1.82, 2.24) is 9.97 Å². The Labute approximate surface area is 173 Å². The maximum atomic E-state index is 13.9. The number of imidazole rings is 1. The minimum atomic E-state index is -0.626. The molecule has 0 aliphatic heterocycles. The number of hydrogen-bond acceptors (Lipinski definition) is 2. The molecule has 4 rings (SSSR count). The molecule has 0 atom stereocenters. The number of halogens is 2.